The Hall–Kier alpha value is -1.68. The minimum atomic E-state index is -0.270. The number of Topliss-reactive ketones (excluding diaryl/α,β-unsaturated/α-hetero) is 1. The van der Waals surface area contributed by atoms with Crippen LogP contribution in [0.5, 0.6) is 0 Å². The van der Waals surface area contributed by atoms with Gasteiger partial charge in [0.15, 0.2) is 0 Å². The van der Waals surface area contributed by atoms with Crippen LogP contribution < -0.4 is 0 Å². The Morgan fingerprint density at radius 2 is 2.06 bits per heavy atom. The highest BCUT2D eigenvalue weighted by molar-refractivity contribution is 5.82. The highest BCUT2D eigenvalue weighted by Gasteiger charge is 2.19. The molecule has 0 unspecified atom stereocenters. The molecule has 1 fully saturated rings. The molecule has 0 atom stereocenters. The van der Waals surface area contributed by atoms with E-state index in [-0.39, 0.29) is 18.3 Å². The topological polar surface area (TPSA) is 46.6 Å². The molecule has 0 amide bonds. The lowest BCUT2D eigenvalue weighted by atomic mass is 10.1. The van der Waals surface area contributed by atoms with Crippen LogP contribution >= 0.6 is 0 Å². The first-order chi connectivity index (χ1) is 8.74. The molecular weight excluding hydrogens is 230 g/mol. The molecule has 4 nitrogen and oxygen atoms in total. The van der Waals surface area contributed by atoms with Crippen molar-refractivity contribution in [2.45, 2.75) is 19.4 Å². The van der Waals surface area contributed by atoms with Gasteiger partial charge in [-0.05, 0) is 18.5 Å². The molecule has 0 N–H and O–H groups in total. The highest BCUT2D eigenvalue weighted by atomic mass is 16.5. The van der Waals surface area contributed by atoms with E-state index in [0.29, 0.717) is 19.6 Å². The number of rotatable bonds is 4. The van der Waals surface area contributed by atoms with Gasteiger partial charge >= 0.3 is 5.97 Å². The molecule has 96 valence electrons. The lowest BCUT2D eigenvalue weighted by Crippen LogP contribution is -2.39. The van der Waals surface area contributed by atoms with Crippen molar-refractivity contribution in [1.82, 2.24) is 4.90 Å². The third kappa shape index (κ3) is 3.96. The standard InChI is InChI=1S/C14H17NO3/c16-13-7-4-8-15(9-13)10-14(17)18-11-12-5-2-1-3-6-12/h1-3,5-6H,4,7-11H2. The van der Waals surface area contributed by atoms with Gasteiger partial charge in [-0.1, -0.05) is 30.3 Å². The third-order valence-corrected chi connectivity index (χ3v) is 2.93. The van der Waals surface area contributed by atoms with Crippen molar-refractivity contribution < 1.29 is 14.3 Å². The van der Waals surface area contributed by atoms with E-state index in [0.717, 1.165) is 18.5 Å². The van der Waals surface area contributed by atoms with Crippen molar-refractivity contribution in [1.29, 1.82) is 0 Å². The molecular formula is C14H17NO3. The molecule has 1 saturated heterocycles. The summed E-state index contributed by atoms with van der Waals surface area (Å²) in [6, 6.07) is 9.57. The van der Waals surface area contributed by atoms with Gasteiger partial charge in [0, 0.05) is 6.42 Å². The van der Waals surface area contributed by atoms with Crippen molar-refractivity contribution >= 4 is 11.8 Å². The number of nitrogens with zero attached hydrogens (tertiary/aromatic N) is 1. The first-order valence-corrected chi connectivity index (χ1v) is 6.17. The summed E-state index contributed by atoms with van der Waals surface area (Å²) in [5, 5.41) is 0. The number of hydrogen-bond acceptors (Lipinski definition) is 4. The van der Waals surface area contributed by atoms with E-state index in [1.54, 1.807) is 0 Å². The Kier molecular flexibility index (Phi) is 4.47. The van der Waals surface area contributed by atoms with Crippen molar-refractivity contribution in [2.75, 3.05) is 19.6 Å². The van der Waals surface area contributed by atoms with Crippen LogP contribution in [-0.2, 0) is 20.9 Å². The minimum absolute atomic E-state index is 0.206. The molecule has 1 aromatic rings. The molecule has 1 aromatic carbocycles. The number of hydrogen-bond donors (Lipinski definition) is 0. The summed E-state index contributed by atoms with van der Waals surface area (Å²) in [5.74, 6) is -0.0642. The molecule has 1 aliphatic rings. The summed E-state index contributed by atoms with van der Waals surface area (Å²) < 4.78 is 5.17. The van der Waals surface area contributed by atoms with Gasteiger partial charge in [-0.2, -0.15) is 0 Å². The van der Waals surface area contributed by atoms with E-state index in [1.165, 1.54) is 0 Å². The quantitative estimate of drug-likeness (QED) is 0.754. The summed E-state index contributed by atoms with van der Waals surface area (Å²) >= 11 is 0. The van der Waals surface area contributed by atoms with Gasteiger partial charge in [0.1, 0.15) is 12.4 Å². The van der Waals surface area contributed by atoms with Crippen LogP contribution in [0.1, 0.15) is 18.4 Å². The van der Waals surface area contributed by atoms with Crippen LogP contribution in [0.15, 0.2) is 30.3 Å². The number of carbonyl (C=O) groups is 2. The van der Waals surface area contributed by atoms with E-state index in [4.69, 9.17) is 4.74 Å². The van der Waals surface area contributed by atoms with Crippen molar-refractivity contribution in [3.05, 3.63) is 35.9 Å². The maximum Gasteiger partial charge on any atom is 0.320 e. The number of likely N-dealkylation sites (tertiary alicyclic amines) is 1. The van der Waals surface area contributed by atoms with E-state index in [9.17, 15) is 9.59 Å². The second-order valence-electron chi connectivity index (χ2n) is 4.50. The largest absolute Gasteiger partial charge is 0.460 e. The van der Waals surface area contributed by atoms with Crippen LogP contribution in [0.3, 0.4) is 0 Å². The van der Waals surface area contributed by atoms with Gasteiger partial charge in [-0.25, -0.2) is 0 Å². The summed E-state index contributed by atoms with van der Waals surface area (Å²) in [7, 11) is 0. The zero-order valence-electron chi connectivity index (χ0n) is 10.3. The molecule has 4 heteroatoms. The Balaban J connectivity index is 1.73. The minimum Gasteiger partial charge on any atom is -0.460 e. The van der Waals surface area contributed by atoms with Crippen molar-refractivity contribution in [3.63, 3.8) is 0 Å². The van der Waals surface area contributed by atoms with Crippen LogP contribution in [0, 0.1) is 0 Å². The smallest absolute Gasteiger partial charge is 0.320 e. The van der Waals surface area contributed by atoms with Gasteiger partial charge in [0.05, 0.1) is 13.1 Å². The summed E-state index contributed by atoms with van der Waals surface area (Å²) in [6.45, 7) is 1.67. The van der Waals surface area contributed by atoms with E-state index in [1.807, 2.05) is 35.2 Å². The van der Waals surface area contributed by atoms with Gasteiger partial charge < -0.3 is 4.74 Å². The van der Waals surface area contributed by atoms with Gasteiger partial charge in [0.2, 0.25) is 0 Å². The van der Waals surface area contributed by atoms with Gasteiger partial charge in [-0.3, -0.25) is 14.5 Å². The average molecular weight is 247 g/mol. The molecule has 0 bridgehead atoms. The van der Waals surface area contributed by atoms with Gasteiger partial charge in [0.25, 0.3) is 0 Å². The predicted octanol–water partition coefficient (Wildman–Crippen LogP) is 1.39. The monoisotopic (exact) mass is 247 g/mol. The number of piperidine rings is 1. The second-order valence-corrected chi connectivity index (χ2v) is 4.50. The zero-order valence-corrected chi connectivity index (χ0v) is 10.3. The molecule has 0 aromatic heterocycles. The van der Waals surface area contributed by atoms with Gasteiger partial charge in [-0.15, -0.1) is 0 Å². The summed E-state index contributed by atoms with van der Waals surface area (Å²) in [6.07, 6.45) is 1.47. The number of carbonyl (C=O) groups excluding carboxylic acids is 2. The third-order valence-electron chi connectivity index (χ3n) is 2.93. The van der Waals surface area contributed by atoms with Crippen LogP contribution in [0.25, 0.3) is 0 Å². The number of benzene rings is 1. The lowest BCUT2D eigenvalue weighted by Gasteiger charge is -2.24. The van der Waals surface area contributed by atoms with Crippen LogP contribution in [-0.4, -0.2) is 36.3 Å². The van der Waals surface area contributed by atoms with Crippen LogP contribution in [0.2, 0.25) is 0 Å². The fourth-order valence-corrected chi connectivity index (χ4v) is 2.01. The normalized spacial score (nSPS) is 16.6. The number of ketones is 1. The Morgan fingerprint density at radius 1 is 1.28 bits per heavy atom. The van der Waals surface area contributed by atoms with Crippen molar-refractivity contribution in [2.24, 2.45) is 0 Å². The number of esters is 1. The molecule has 0 radical (unpaired) electrons. The Bertz CT molecular complexity index is 416. The van der Waals surface area contributed by atoms with E-state index < -0.39 is 0 Å². The molecule has 1 aliphatic heterocycles. The molecule has 0 saturated carbocycles. The Morgan fingerprint density at radius 3 is 2.78 bits per heavy atom. The maximum atomic E-state index is 11.6. The maximum absolute atomic E-state index is 11.6. The van der Waals surface area contributed by atoms with Crippen molar-refractivity contribution in [3.8, 4) is 0 Å². The highest BCUT2D eigenvalue weighted by Crippen LogP contribution is 2.06. The zero-order chi connectivity index (χ0) is 12.8. The molecule has 1 heterocycles. The average Bonchev–Trinajstić information content (AvgIpc) is 2.38. The molecule has 2 rings (SSSR count). The first-order valence-electron chi connectivity index (χ1n) is 6.17. The fourth-order valence-electron chi connectivity index (χ4n) is 2.01. The fraction of sp³-hybridized carbons (Fsp3) is 0.429. The lowest BCUT2D eigenvalue weighted by molar-refractivity contribution is -0.146. The SMILES string of the molecule is O=C1CCCN(CC(=O)OCc2ccccc2)C1. The molecule has 0 aliphatic carbocycles. The number of ether oxygens (including phenoxy) is 1. The van der Waals surface area contributed by atoms with Crippen LogP contribution in [0.4, 0.5) is 0 Å². The van der Waals surface area contributed by atoms with E-state index in [2.05, 4.69) is 0 Å². The Labute approximate surface area is 107 Å². The molecule has 18 heavy (non-hydrogen) atoms. The summed E-state index contributed by atoms with van der Waals surface area (Å²) in [5.41, 5.74) is 0.973. The summed E-state index contributed by atoms with van der Waals surface area (Å²) in [4.78, 5) is 24.7. The first kappa shape index (κ1) is 12.8. The predicted molar refractivity (Wildman–Crippen MR) is 66.9 cm³/mol. The van der Waals surface area contributed by atoms with E-state index >= 15 is 0 Å². The second kappa shape index (κ2) is 6.31. The molecule has 0 spiro atoms.